The van der Waals surface area contributed by atoms with Crippen molar-refractivity contribution in [1.82, 2.24) is 15.5 Å². The molecule has 2 fully saturated rings. The van der Waals surface area contributed by atoms with E-state index in [1.807, 2.05) is 12.1 Å². The van der Waals surface area contributed by atoms with Gasteiger partial charge in [-0.25, -0.2) is 4.39 Å². The normalized spacial score (nSPS) is 29.5. The number of nitrogens with two attached hydrogens (primary N) is 1. The lowest BCUT2D eigenvalue weighted by molar-refractivity contribution is -0.136. The van der Waals surface area contributed by atoms with Crippen molar-refractivity contribution in [3.8, 4) is 0 Å². The Labute approximate surface area is 162 Å². The molecule has 8 heteroatoms. The topological polar surface area (TPSA) is 105 Å². The van der Waals surface area contributed by atoms with Gasteiger partial charge in [0, 0.05) is 31.6 Å². The second-order valence-corrected chi connectivity index (χ2v) is 8.16. The summed E-state index contributed by atoms with van der Waals surface area (Å²) in [5, 5.41) is 5.46. The van der Waals surface area contributed by atoms with E-state index in [9.17, 15) is 18.8 Å². The summed E-state index contributed by atoms with van der Waals surface area (Å²) < 4.78 is 14.4. The molecule has 2 heterocycles. The molecule has 0 aromatic heterocycles. The van der Waals surface area contributed by atoms with E-state index < -0.39 is 17.6 Å². The van der Waals surface area contributed by atoms with Crippen LogP contribution in [-0.2, 0) is 22.7 Å². The Morgan fingerprint density at radius 1 is 1.29 bits per heavy atom. The molecule has 3 amide bonds. The van der Waals surface area contributed by atoms with Crippen LogP contribution in [-0.4, -0.2) is 47.4 Å². The maximum Gasteiger partial charge on any atom is 0.255 e. The first-order chi connectivity index (χ1) is 13.4. The molecule has 28 heavy (non-hydrogen) atoms. The number of amides is 3. The number of rotatable bonds is 6. The fourth-order valence-corrected chi connectivity index (χ4v) is 4.45. The average molecular weight is 388 g/mol. The van der Waals surface area contributed by atoms with Crippen LogP contribution in [0.2, 0.25) is 0 Å². The Morgan fingerprint density at radius 3 is 2.79 bits per heavy atom. The van der Waals surface area contributed by atoms with E-state index in [0.29, 0.717) is 51.0 Å². The standard InChI is InChI=1S/C20H25FN4O3/c21-20(6-13(7-20)8-22)11-23-9-12-1-2-15-14(5-12)10-25(19(15)28)16-3-4-17(26)24-18(16)27/h1-2,5,13,16,23H,3-4,6-11,22H2,(H,24,26,27). The zero-order valence-electron chi connectivity index (χ0n) is 15.7. The number of piperidine rings is 1. The number of carbonyl (C=O) groups excluding carboxylic acids is 3. The number of nitrogens with one attached hydrogen (secondary N) is 2. The molecule has 2 aliphatic heterocycles. The Morgan fingerprint density at radius 2 is 2.07 bits per heavy atom. The number of halogens is 1. The zero-order valence-corrected chi connectivity index (χ0v) is 15.7. The van der Waals surface area contributed by atoms with E-state index in [1.165, 1.54) is 4.90 Å². The SMILES string of the molecule is NCC1CC(F)(CNCc2ccc3c(c2)CN(C2CCC(=O)NC2=O)C3=O)C1. The highest BCUT2D eigenvalue weighted by atomic mass is 19.1. The van der Waals surface area contributed by atoms with Crippen LogP contribution in [0, 0.1) is 5.92 Å². The lowest BCUT2D eigenvalue weighted by Crippen LogP contribution is -2.52. The Hall–Kier alpha value is -2.32. The highest BCUT2D eigenvalue weighted by Crippen LogP contribution is 2.40. The fraction of sp³-hybridized carbons (Fsp3) is 0.550. The van der Waals surface area contributed by atoms with Crippen molar-refractivity contribution in [3.63, 3.8) is 0 Å². The van der Waals surface area contributed by atoms with Gasteiger partial charge in [-0.3, -0.25) is 19.7 Å². The number of alkyl halides is 1. The molecular weight excluding hydrogens is 363 g/mol. The Balaban J connectivity index is 1.36. The summed E-state index contributed by atoms with van der Waals surface area (Å²) in [7, 11) is 0. The molecule has 1 unspecified atom stereocenters. The van der Waals surface area contributed by atoms with Crippen molar-refractivity contribution in [3.05, 3.63) is 34.9 Å². The average Bonchev–Trinajstić information content (AvgIpc) is 2.95. The first-order valence-electron chi connectivity index (χ1n) is 9.75. The molecule has 4 N–H and O–H groups in total. The summed E-state index contributed by atoms with van der Waals surface area (Å²) in [4.78, 5) is 37.6. The van der Waals surface area contributed by atoms with Crippen LogP contribution in [0.15, 0.2) is 18.2 Å². The second-order valence-electron chi connectivity index (χ2n) is 8.16. The van der Waals surface area contributed by atoms with Gasteiger partial charge in [0.15, 0.2) is 0 Å². The van der Waals surface area contributed by atoms with Crippen LogP contribution >= 0.6 is 0 Å². The van der Waals surface area contributed by atoms with Gasteiger partial charge in [-0.05, 0) is 48.9 Å². The molecule has 0 spiro atoms. The third-order valence-electron chi connectivity index (χ3n) is 6.00. The van der Waals surface area contributed by atoms with Gasteiger partial charge in [0.05, 0.1) is 0 Å². The van der Waals surface area contributed by atoms with E-state index >= 15 is 0 Å². The van der Waals surface area contributed by atoms with Gasteiger partial charge in [0.25, 0.3) is 5.91 Å². The molecular formula is C20H25FN4O3. The van der Waals surface area contributed by atoms with Crippen LogP contribution in [0.3, 0.4) is 0 Å². The number of fused-ring (bicyclic) bond motifs is 1. The molecule has 1 aliphatic carbocycles. The minimum absolute atomic E-state index is 0.186. The van der Waals surface area contributed by atoms with Gasteiger partial charge in [-0.2, -0.15) is 0 Å². The van der Waals surface area contributed by atoms with Gasteiger partial charge in [-0.15, -0.1) is 0 Å². The fourth-order valence-electron chi connectivity index (χ4n) is 4.45. The second kappa shape index (κ2) is 7.25. The smallest absolute Gasteiger partial charge is 0.255 e. The molecule has 0 bridgehead atoms. The van der Waals surface area contributed by atoms with Crippen molar-refractivity contribution in [2.45, 2.75) is 50.5 Å². The van der Waals surface area contributed by atoms with Crippen molar-refractivity contribution < 1.29 is 18.8 Å². The molecule has 1 saturated carbocycles. The highest BCUT2D eigenvalue weighted by Gasteiger charge is 2.43. The lowest BCUT2D eigenvalue weighted by Gasteiger charge is -2.41. The van der Waals surface area contributed by atoms with Crippen molar-refractivity contribution in [1.29, 1.82) is 0 Å². The van der Waals surface area contributed by atoms with Gasteiger partial charge in [0.2, 0.25) is 11.8 Å². The summed E-state index contributed by atoms with van der Waals surface area (Å²) in [5.41, 5.74) is 6.80. The number of benzene rings is 1. The van der Waals surface area contributed by atoms with E-state index in [-0.39, 0.29) is 24.2 Å². The van der Waals surface area contributed by atoms with Crippen LogP contribution in [0.5, 0.6) is 0 Å². The molecule has 1 aromatic rings. The van der Waals surface area contributed by atoms with E-state index in [1.54, 1.807) is 6.07 Å². The molecule has 150 valence electrons. The summed E-state index contributed by atoms with van der Waals surface area (Å²) >= 11 is 0. The van der Waals surface area contributed by atoms with Crippen LogP contribution in [0.25, 0.3) is 0 Å². The van der Waals surface area contributed by atoms with Gasteiger partial charge in [-0.1, -0.05) is 12.1 Å². The van der Waals surface area contributed by atoms with Crippen LogP contribution in [0.4, 0.5) is 4.39 Å². The molecule has 1 atom stereocenters. The number of nitrogens with zero attached hydrogens (tertiary/aromatic N) is 1. The summed E-state index contributed by atoms with van der Waals surface area (Å²) in [5.74, 6) is -0.609. The van der Waals surface area contributed by atoms with Gasteiger partial charge >= 0.3 is 0 Å². The maximum absolute atomic E-state index is 14.4. The van der Waals surface area contributed by atoms with E-state index in [2.05, 4.69) is 10.6 Å². The first-order valence-corrected chi connectivity index (χ1v) is 9.75. The predicted octanol–water partition coefficient (Wildman–Crippen LogP) is 0.614. The largest absolute Gasteiger partial charge is 0.330 e. The molecule has 1 saturated heterocycles. The summed E-state index contributed by atoms with van der Waals surface area (Å²) in [6, 6.07) is 4.94. The predicted molar refractivity (Wildman–Crippen MR) is 99.8 cm³/mol. The highest BCUT2D eigenvalue weighted by molar-refractivity contribution is 6.05. The Kier molecular flexibility index (Phi) is 4.93. The third kappa shape index (κ3) is 3.54. The Bertz CT molecular complexity index is 822. The number of hydrogen-bond donors (Lipinski definition) is 3. The lowest BCUT2D eigenvalue weighted by atomic mass is 9.72. The first kappa shape index (κ1) is 19.0. The minimum atomic E-state index is -1.17. The summed E-state index contributed by atoms with van der Waals surface area (Å²) in [6.07, 6.45) is 1.61. The van der Waals surface area contributed by atoms with E-state index in [4.69, 9.17) is 5.73 Å². The van der Waals surface area contributed by atoms with Gasteiger partial charge in [0.1, 0.15) is 11.7 Å². The molecule has 3 aliphatic rings. The molecule has 1 aromatic carbocycles. The monoisotopic (exact) mass is 388 g/mol. The number of imide groups is 1. The zero-order chi connectivity index (χ0) is 19.9. The molecule has 0 radical (unpaired) electrons. The number of hydrogen-bond acceptors (Lipinski definition) is 5. The quantitative estimate of drug-likeness (QED) is 0.620. The van der Waals surface area contributed by atoms with Gasteiger partial charge < -0.3 is 16.0 Å². The van der Waals surface area contributed by atoms with Crippen molar-refractivity contribution in [2.75, 3.05) is 13.1 Å². The summed E-state index contributed by atoms with van der Waals surface area (Å²) in [6.45, 7) is 1.69. The maximum atomic E-state index is 14.4. The third-order valence-corrected chi connectivity index (χ3v) is 6.00. The minimum Gasteiger partial charge on any atom is -0.330 e. The number of carbonyl (C=O) groups is 3. The van der Waals surface area contributed by atoms with Crippen LogP contribution in [0.1, 0.15) is 47.2 Å². The molecule has 4 rings (SSSR count). The van der Waals surface area contributed by atoms with Crippen molar-refractivity contribution >= 4 is 17.7 Å². The van der Waals surface area contributed by atoms with E-state index in [0.717, 1.165) is 11.1 Å². The molecule has 7 nitrogen and oxygen atoms in total. The van der Waals surface area contributed by atoms with Crippen LogP contribution < -0.4 is 16.4 Å². The van der Waals surface area contributed by atoms with Crippen molar-refractivity contribution in [2.24, 2.45) is 11.7 Å².